The van der Waals surface area contributed by atoms with Gasteiger partial charge >= 0.3 is 12.4 Å². The number of nitrogens with one attached hydrogen (secondary N) is 2. The highest BCUT2D eigenvalue weighted by atomic mass is 35.5. The Morgan fingerprint density at radius 3 is 2.55 bits per heavy atom. The maximum Gasteiger partial charge on any atom is 0.426 e. The number of fused-ring (bicyclic) bond motifs is 1. The lowest BCUT2D eigenvalue weighted by Crippen LogP contribution is -2.55. The molecule has 0 saturated heterocycles. The molecule has 0 fully saturated rings. The number of aliphatic hydroxyl groups is 1. The van der Waals surface area contributed by atoms with E-state index in [0.29, 0.717) is 42.8 Å². The Balaban J connectivity index is 1.45. The van der Waals surface area contributed by atoms with Crippen molar-refractivity contribution >= 4 is 34.7 Å². The zero-order valence-corrected chi connectivity index (χ0v) is 21.5. The van der Waals surface area contributed by atoms with Crippen LogP contribution in [-0.4, -0.2) is 52.4 Å². The van der Waals surface area contributed by atoms with Crippen molar-refractivity contribution in [3.63, 3.8) is 0 Å². The van der Waals surface area contributed by atoms with Crippen molar-refractivity contribution in [3.8, 4) is 11.5 Å². The van der Waals surface area contributed by atoms with E-state index in [1.165, 1.54) is 30.6 Å². The fourth-order valence-corrected chi connectivity index (χ4v) is 4.08. The summed E-state index contributed by atoms with van der Waals surface area (Å²) >= 11 is 6.32. The second-order valence-corrected chi connectivity index (χ2v) is 9.39. The van der Waals surface area contributed by atoms with Gasteiger partial charge in [-0.15, -0.1) is 0 Å². The van der Waals surface area contributed by atoms with Crippen LogP contribution in [0.4, 0.5) is 43.5 Å². The van der Waals surface area contributed by atoms with Gasteiger partial charge in [0.25, 0.3) is 5.91 Å². The number of aromatic nitrogens is 2. The maximum atomic E-state index is 13.0. The third-order valence-corrected chi connectivity index (χ3v) is 6.37. The number of amides is 1. The summed E-state index contributed by atoms with van der Waals surface area (Å²) in [6, 6.07) is 8.88. The first-order valence-corrected chi connectivity index (χ1v) is 12.1. The van der Waals surface area contributed by atoms with Crippen molar-refractivity contribution in [1.29, 1.82) is 0 Å². The molecular formula is C25H22ClF6N5O3. The van der Waals surface area contributed by atoms with E-state index >= 15 is 0 Å². The summed E-state index contributed by atoms with van der Waals surface area (Å²) in [5, 5.41) is 14.8. The molecule has 1 unspecified atom stereocenters. The third-order valence-electron chi connectivity index (χ3n) is 6.08. The van der Waals surface area contributed by atoms with Gasteiger partial charge in [-0.2, -0.15) is 26.3 Å². The van der Waals surface area contributed by atoms with E-state index in [0.717, 1.165) is 12.1 Å². The zero-order valence-electron chi connectivity index (χ0n) is 20.7. The molecule has 0 aliphatic carbocycles. The van der Waals surface area contributed by atoms with Crippen LogP contribution in [0.15, 0.2) is 48.8 Å². The van der Waals surface area contributed by atoms with Crippen molar-refractivity contribution in [2.75, 3.05) is 29.9 Å². The SMILES string of the molecule is CC(O)(C(=O)NCCN1CCc2ncnc(Nc3ccc(Oc4cccc(C(F)(F)F)c4)c(Cl)c3)c21)C(F)(F)F. The summed E-state index contributed by atoms with van der Waals surface area (Å²) in [6.07, 6.45) is -7.81. The number of hydrogen-bond acceptors (Lipinski definition) is 7. The van der Waals surface area contributed by atoms with E-state index in [9.17, 15) is 36.2 Å². The van der Waals surface area contributed by atoms with E-state index in [1.54, 1.807) is 11.0 Å². The molecule has 1 aromatic heterocycles. The first-order chi connectivity index (χ1) is 18.7. The Hall–Kier alpha value is -3.78. The zero-order chi connectivity index (χ0) is 29.3. The minimum atomic E-state index is -5.13. The van der Waals surface area contributed by atoms with Gasteiger partial charge < -0.3 is 25.4 Å². The number of carbonyl (C=O) groups is 1. The quantitative estimate of drug-likeness (QED) is 0.299. The summed E-state index contributed by atoms with van der Waals surface area (Å²) in [6.45, 7) is 0.759. The average molecular weight is 590 g/mol. The predicted octanol–water partition coefficient (Wildman–Crippen LogP) is 5.48. The van der Waals surface area contributed by atoms with E-state index in [4.69, 9.17) is 16.3 Å². The number of ether oxygens (including phenoxy) is 1. The van der Waals surface area contributed by atoms with Crippen LogP contribution in [0.25, 0.3) is 0 Å². The number of anilines is 3. The lowest BCUT2D eigenvalue weighted by molar-refractivity contribution is -0.245. The highest BCUT2D eigenvalue weighted by Crippen LogP contribution is 2.38. The number of hydrogen-bond donors (Lipinski definition) is 3. The first kappa shape index (κ1) is 29.2. The minimum absolute atomic E-state index is 0.0504. The number of carbonyl (C=O) groups excluding carboxylic acids is 1. The molecule has 4 rings (SSSR count). The first-order valence-electron chi connectivity index (χ1n) is 11.7. The summed E-state index contributed by atoms with van der Waals surface area (Å²) in [4.78, 5) is 22.1. The van der Waals surface area contributed by atoms with Gasteiger partial charge in [0, 0.05) is 31.7 Å². The van der Waals surface area contributed by atoms with Gasteiger partial charge in [-0.3, -0.25) is 4.79 Å². The van der Waals surface area contributed by atoms with E-state index in [2.05, 4.69) is 20.6 Å². The molecule has 15 heteroatoms. The van der Waals surface area contributed by atoms with Gasteiger partial charge in [-0.1, -0.05) is 17.7 Å². The summed E-state index contributed by atoms with van der Waals surface area (Å²) in [5.41, 5.74) is -2.70. The maximum absolute atomic E-state index is 13.0. The van der Waals surface area contributed by atoms with Crippen LogP contribution in [0.5, 0.6) is 11.5 Å². The predicted molar refractivity (Wildman–Crippen MR) is 134 cm³/mol. The monoisotopic (exact) mass is 589 g/mol. The average Bonchev–Trinajstić information content (AvgIpc) is 3.28. The van der Waals surface area contributed by atoms with Crippen molar-refractivity contribution in [1.82, 2.24) is 15.3 Å². The number of nitrogens with zero attached hydrogens (tertiary/aromatic N) is 3. The van der Waals surface area contributed by atoms with Crippen molar-refractivity contribution in [2.24, 2.45) is 0 Å². The Labute approximate surface area is 228 Å². The second-order valence-electron chi connectivity index (χ2n) is 8.98. The molecule has 0 bridgehead atoms. The van der Waals surface area contributed by atoms with Gasteiger partial charge in [-0.25, -0.2) is 9.97 Å². The molecule has 0 spiro atoms. The molecule has 0 saturated carbocycles. The summed E-state index contributed by atoms with van der Waals surface area (Å²) in [7, 11) is 0. The van der Waals surface area contributed by atoms with Gasteiger partial charge in [0.05, 0.1) is 16.3 Å². The Bertz CT molecular complexity index is 1400. The molecule has 2 heterocycles. The number of alkyl halides is 6. The highest BCUT2D eigenvalue weighted by Gasteiger charge is 2.55. The van der Waals surface area contributed by atoms with Crippen molar-refractivity contribution in [2.45, 2.75) is 31.3 Å². The molecule has 3 N–H and O–H groups in total. The van der Waals surface area contributed by atoms with E-state index in [-0.39, 0.29) is 29.6 Å². The third kappa shape index (κ3) is 6.33. The van der Waals surface area contributed by atoms with Crippen LogP contribution in [0.3, 0.4) is 0 Å². The molecule has 2 aromatic carbocycles. The fourth-order valence-electron chi connectivity index (χ4n) is 3.86. The fraction of sp³-hybridized carbons (Fsp3) is 0.320. The van der Waals surface area contributed by atoms with Gasteiger partial charge in [-0.05, 0) is 43.3 Å². The number of halogens is 7. The van der Waals surface area contributed by atoms with Gasteiger partial charge in [0.2, 0.25) is 5.60 Å². The Morgan fingerprint density at radius 2 is 1.88 bits per heavy atom. The van der Waals surface area contributed by atoms with Crippen LogP contribution in [0.2, 0.25) is 5.02 Å². The molecule has 0 radical (unpaired) electrons. The van der Waals surface area contributed by atoms with Crippen molar-refractivity contribution < 1.29 is 41.0 Å². The normalized spacial score (nSPS) is 14.9. The Morgan fingerprint density at radius 1 is 1.12 bits per heavy atom. The molecular weight excluding hydrogens is 568 g/mol. The molecule has 1 aliphatic rings. The Kier molecular flexibility index (Phi) is 8.04. The number of rotatable bonds is 8. The minimum Gasteiger partial charge on any atom is -0.456 e. The molecule has 40 heavy (non-hydrogen) atoms. The van der Waals surface area contributed by atoms with Crippen LogP contribution in [-0.2, 0) is 17.4 Å². The van der Waals surface area contributed by atoms with E-state index in [1.807, 2.05) is 0 Å². The topological polar surface area (TPSA) is 99.6 Å². The van der Waals surface area contributed by atoms with Crippen LogP contribution in [0.1, 0.15) is 18.2 Å². The summed E-state index contributed by atoms with van der Waals surface area (Å²) < 4.78 is 83.2. The molecule has 1 atom stereocenters. The molecule has 1 aliphatic heterocycles. The molecule has 8 nitrogen and oxygen atoms in total. The van der Waals surface area contributed by atoms with Crippen LogP contribution in [0, 0.1) is 0 Å². The smallest absolute Gasteiger partial charge is 0.426 e. The molecule has 214 valence electrons. The number of benzene rings is 2. The van der Waals surface area contributed by atoms with Gasteiger partial charge in [0.1, 0.15) is 23.5 Å². The second kappa shape index (κ2) is 11.0. The van der Waals surface area contributed by atoms with Crippen LogP contribution >= 0.6 is 11.6 Å². The lowest BCUT2D eigenvalue weighted by atomic mass is 10.1. The van der Waals surface area contributed by atoms with Crippen LogP contribution < -0.4 is 20.3 Å². The standard InChI is InChI=1S/C25H22ClF6N5O3/c1-23(39,25(30,31)32)22(38)33-8-10-37-9-7-18-20(37)21(35-13-34-18)36-15-5-6-19(17(26)12-15)40-16-4-2-3-14(11-16)24(27,28)29/h2-6,11-13,39H,7-10H2,1H3,(H,33,38)(H,34,35,36). The highest BCUT2D eigenvalue weighted by molar-refractivity contribution is 6.32. The van der Waals surface area contributed by atoms with E-state index < -0.39 is 29.4 Å². The molecule has 1 amide bonds. The summed E-state index contributed by atoms with van der Waals surface area (Å²) in [5.74, 6) is -1.14. The lowest BCUT2D eigenvalue weighted by Gasteiger charge is -2.26. The van der Waals surface area contributed by atoms with Crippen molar-refractivity contribution in [3.05, 3.63) is 65.1 Å². The largest absolute Gasteiger partial charge is 0.456 e. The van der Waals surface area contributed by atoms with Gasteiger partial charge in [0.15, 0.2) is 5.82 Å². The molecule has 3 aromatic rings.